The Bertz CT molecular complexity index is 452. The molecule has 0 aliphatic heterocycles. The summed E-state index contributed by atoms with van der Waals surface area (Å²) in [6.07, 6.45) is 0.522. The Kier molecular flexibility index (Phi) is 2.90. The highest BCUT2D eigenvalue weighted by Crippen LogP contribution is 2.13. The van der Waals surface area contributed by atoms with E-state index in [1.54, 1.807) is 24.3 Å². The minimum absolute atomic E-state index is 0.0717. The van der Waals surface area contributed by atoms with Gasteiger partial charge >= 0.3 is 6.01 Å². The van der Waals surface area contributed by atoms with Gasteiger partial charge in [-0.2, -0.15) is 0 Å². The maximum atomic E-state index is 5.55. The topological polar surface area (TPSA) is 100 Å². The van der Waals surface area contributed by atoms with Crippen LogP contribution in [0.25, 0.3) is 0 Å². The largest absolute Gasteiger partial charge is 0.493 e. The normalized spacial score (nSPS) is 10.2. The summed E-state index contributed by atoms with van der Waals surface area (Å²) in [7, 11) is 0. The molecular weight excluding hydrogens is 208 g/mol. The number of anilines is 2. The zero-order valence-corrected chi connectivity index (χ0v) is 8.59. The van der Waals surface area contributed by atoms with Gasteiger partial charge in [0.25, 0.3) is 0 Å². The first-order valence-corrected chi connectivity index (χ1v) is 4.80. The van der Waals surface area contributed by atoms with Crippen molar-refractivity contribution in [1.29, 1.82) is 0 Å². The lowest BCUT2D eigenvalue weighted by Gasteiger charge is -2.04. The van der Waals surface area contributed by atoms with Crippen LogP contribution >= 0.6 is 0 Å². The SMILES string of the molecule is Nc1ccc(OCCc2nnc(N)o2)cc1. The summed E-state index contributed by atoms with van der Waals surface area (Å²) in [5.41, 5.74) is 11.5. The summed E-state index contributed by atoms with van der Waals surface area (Å²) >= 11 is 0. The molecule has 0 unspecified atom stereocenters. The molecule has 0 aliphatic carbocycles. The van der Waals surface area contributed by atoms with Crippen LogP contribution in [0.1, 0.15) is 5.89 Å². The van der Waals surface area contributed by atoms with Gasteiger partial charge in [0.05, 0.1) is 13.0 Å². The summed E-state index contributed by atoms with van der Waals surface area (Å²) in [4.78, 5) is 0. The summed E-state index contributed by atoms with van der Waals surface area (Å²) in [5, 5.41) is 7.26. The molecule has 0 spiro atoms. The second-order valence-corrected chi connectivity index (χ2v) is 3.20. The average molecular weight is 220 g/mol. The summed E-state index contributed by atoms with van der Waals surface area (Å²) in [6.45, 7) is 0.450. The molecule has 0 fully saturated rings. The molecule has 16 heavy (non-hydrogen) atoms. The van der Waals surface area contributed by atoms with Crippen molar-refractivity contribution in [1.82, 2.24) is 10.2 Å². The van der Waals surface area contributed by atoms with Crippen LogP contribution in [-0.2, 0) is 6.42 Å². The van der Waals surface area contributed by atoms with E-state index in [-0.39, 0.29) is 6.01 Å². The van der Waals surface area contributed by atoms with E-state index in [1.807, 2.05) is 0 Å². The number of nitrogen functional groups attached to an aromatic ring is 2. The van der Waals surface area contributed by atoms with Crippen molar-refractivity contribution in [3.8, 4) is 5.75 Å². The number of benzene rings is 1. The van der Waals surface area contributed by atoms with Gasteiger partial charge in [-0.05, 0) is 24.3 Å². The van der Waals surface area contributed by atoms with Gasteiger partial charge in [-0.15, -0.1) is 5.10 Å². The summed E-state index contributed by atoms with van der Waals surface area (Å²) < 4.78 is 10.4. The van der Waals surface area contributed by atoms with Gasteiger partial charge in [0.15, 0.2) is 0 Å². The Morgan fingerprint density at radius 1 is 1.12 bits per heavy atom. The second-order valence-electron chi connectivity index (χ2n) is 3.20. The maximum absolute atomic E-state index is 5.55. The first kappa shape index (κ1) is 10.3. The van der Waals surface area contributed by atoms with E-state index in [0.717, 1.165) is 5.75 Å². The molecule has 2 aromatic rings. The van der Waals surface area contributed by atoms with Crippen molar-refractivity contribution in [3.63, 3.8) is 0 Å². The Morgan fingerprint density at radius 2 is 1.88 bits per heavy atom. The van der Waals surface area contributed by atoms with Gasteiger partial charge in [-0.3, -0.25) is 0 Å². The molecular formula is C10H12N4O2. The molecule has 0 amide bonds. The smallest absolute Gasteiger partial charge is 0.312 e. The minimum atomic E-state index is 0.0717. The molecule has 0 radical (unpaired) electrons. The molecule has 1 aromatic heterocycles. The summed E-state index contributed by atoms with van der Waals surface area (Å²) in [6, 6.07) is 7.23. The van der Waals surface area contributed by atoms with Crippen LogP contribution in [0.3, 0.4) is 0 Å². The fourth-order valence-corrected chi connectivity index (χ4v) is 1.19. The van der Waals surface area contributed by atoms with Crippen LogP contribution in [0.2, 0.25) is 0 Å². The van der Waals surface area contributed by atoms with Crippen molar-refractivity contribution >= 4 is 11.7 Å². The zero-order chi connectivity index (χ0) is 11.4. The maximum Gasteiger partial charge on any atom is 0.312 e. The van der Waals surface area contributed by atoms with E-state index in [1.165, 1.54) is 0 Å². The first-order chi connectivity index (χ1) is 7.74. The highest BCUT2D eigenvalue weighted by atomic mass is 16.5. The highest BCUT2D eigenvalue weighted by Gasteiger charge is 2.02. The van der Waals surface area contributed by atoms with E-state index in [2.05, 4.69) is 10.2 Å². The Hall–Kier alpha value is -2.24. The molecule has 0 aliphatic rings. The fourth-order valence-electron chi connectivity index (χ4n) is 1.19. The third-order valence-electron chi connectivity index (χ3n) is 1.95. The quantitative estimate of drug-likeness (QED) is 0.741. The standard InChI is InChI=1S/C10H12N4O2/c11-7-1-3-8(4-2-7)15-6-5-9-13-14-10(12)16-9/h1-4H,5-6,11H2,(H2,12,14). The monoisotopic (exact) mass is 220 g/mol. The third-order valence-corrected chi connectivity index (χ3v) is 1.95. The lowest BCUT2D eigenvalue weighted by Crippen LogP contribution is -2.01. The van der Waals surface area contributed by atoms with Crippen LogP contribution in [0.15, 0.2) is 28.7 Å². The Balaban J connectivity index is 1.82. The van der Waals surface area contributed by atoms with E-state index < -0.39 is 0 Å². The summed E-state index contributed by atoms with van der Waals surface area (Å²) in [5.74, 6) is 1.22. The number of hydrogen-bond acceptors (Lipinski definition) is 6. The van der Waals surface area contributed by atoms with Gasteiger partial charge < -0.3 is 20.6 Å². The van der Waals surface area contributed by atoms with Crippen molar-refractivity contribution in [2.24, 2.45) is 0 Å². The number of nitrogens with two attached hydrogens (primary N) is 2. The van der Waals surface area contributed by atoms with Crippen LogP contribution in [-0.4, -0.2) is 16.8 Å². The van der Waals surface area contributed by atoms with Gasteiger partial charge in [0.1, 0.15) is 5.75 Å². The molecule has 1 heterocycles. The van der Waals surface area contributed by atoms with Crippen molar-refractivity contribution in [2.75, 3.05) is 18.1 Å². The van der Waals surface area contributed by atoms with Crippen molar-refractivity contribution in [2.45, 2.75) is 6.42 Å². The molecule has 0 atom stereocenters. The molecule has 1 aromatic carbocycles. The first-order valence-electron chi connectivity index (χ1n) is 4.80. The lowest BCUT2D eigenvalue weighted by atomic mass is 10.3. The lowest BCUT2D eigenvalue weighted by molar-refractivity contribution is 0.307. The number of nitrogens with zero attached hydrogens (tertiary/aromatic N) is 2. The predicted molar refractivity (Wildman–Crippen MR) is 58.8 cm³/mol. The molecule has 2 rings (SSSR count). The van der Waals surface area contributed by atoms with Crippen molar-refractivity contribution < 1.29 is 9.15 Å². The van der Waals surface area contributed by atoms with Crippen molar-refractivity contribution in [3.05, 3.63) is 30.2 Å². The molecule has 0 saturated heterocycles. The highest BCUT2D eigenvalue weighted by molar-refractivity contribution is 5.41. The molecule has 84 valence electrons. The predicted octanol–water partition coefficient (Wildman–Crippen LogP) is 0.856. The zero-order valence-electron chi connectivity index (χ0n) is 8.59. The van der Waals surface area contributed by atoms with Crippen LogP contribution in [0, 0.1) is 0 Å². The fraction of sp³-hybridized carbons (Fsp3) is 0.200. The van der Waals surface area contributed by atoms with E-state index in [4.69, 9.17) is 20.6 Å². The van der Waals surface area contributed by atoms with Gasteiger partial charge in [-0.1, -0.05) is 5.10 Å². The van der Waals surface area contributed by atoms with Crippen LogP contribution in [0.5, 0.6) is 5.75 Å². The van der Waals surface area contributed by atoms with Crippen LogP contribution < -0.4 is 16.2 Å². The molecule has 0 saturated carbocycles. The Morgan fingerprint density at radius 3 is 2.50 bits per heavy atom. The number of aromatic nitrogens is 2. The number of rotatable bonds is 4. The molecule has 0 bridgehead atoms. The van der Waals surface area contributed by atoms with E-state index in [9.17, 15) is 0 Å². The van der Waals surface area contributed by atoms with E-state index in [0.29, 0.717) is 24.6 Å². The van der Waals surface area contributed by atoms with Crippen LogP contribution in [0.4, 0.5) is 11.7 Å². The van der Waals surface area contributed by atoms with Gasteiger partial charge in [0.2, 0.25) is 5.89 Å². The number of ether oxygens (including phenoxy) is 1. The molecule has 6 nitrogen and oxygen atoms in total. The average Bonchev–Trinajstić information content (AvgIpc) is 2.67. The third kappa shape index (κ3) is 2.63. The minimum Gasteiger partial charge on any atom is -0.493 e. The Labute approximate surface area is 92.2 Å². The molecule has 6 heteroatoms. The van der Waals surface area contributed by atoms with Gasteiger partial charge in [-0.25, -0.2) is 0 Å². The van der Waals surface area contributed by atoms with E-state index >= 15 is 0 Å². The van der Waals surface area contributed by atoms with Gasteiger partial charge in [0, 0.05) is 5.69 Å². The number of hydrogen-bond donors (Lipinski definition) is 2. The molecule has 4 N–H and O–H groups in total. The second kappa shape index (κ2) is 4.52.